The third kappa shape index (κ3) is 17.3. The number of aliphatic hydroxyl groups excluding tert-OH is 3. The summed E-state index contributed by atoms with van der Waals surface area (Å²) < 4.78 is 0. The molecule has 4 N–H and O–H groups in total. The Morgan fingerprint density at radius 1 is 0.783 bits per heavy atom. The normalized spacial score (nSPS) is 14.2. The van der Waals surface area contributed by atoms with Crippen LogP contribution < -0.4 is 0 Å². The molecular formula is C18H34O5. The van der Waals surface area contributed by atoms with Gasteiger partial charge in [-0.05, 0) is 44.9 Å². The molecular weight excluding hydrogens is 296 g/mol. The molecule has 0 radical (unpaired) electrons. The highest BCUT2D eigenvalue weighted by Gasteiger charge is 2.09. The van der Waals surface area contributed by atoms with Gasteiger partial charge >= 0.3 is 5.97 Å². The Bertz CT molecular complexity index is 304. The molecule has 2 unspecified atom stereocenters. The maximum absolute atomic E-state index is 10.3. The molecule has 0 aromatic carbocycles. The molecule has 0 aromatic heterocycles. The third-order valence-corrected chi connectivity index (χ3v) is 3.95. The van der Waals surface area contributed by atoms with E-state index in [4.69, 9.17) is 10.2 Å². The zero-order valence-electron chi connectivity index (χ0n) is 14.2. The molecule has 23 heavy (non-hydrogen) atoms. The number of hydrogen-bond donors (Lipinski definition) is 4. The molecule has 2 atom stereocenters. The number of rotatable bonds is 16. The van der Waals surface area contributed by atoms with Gasteiger partial charge in [-0.3, -0.25) is 0 Å². The number of hydrogen-bond acceptors (Lipinski definition) is 4. The van der Waals surface area contributed by atoms with Crippen LogP contribution in [0.1, 0.15) is 77.0 Å². The molecule has 136 valence electrons. The largest absolute Gasteiger partial charge is 0.478 e. The van der Waals surface area contributed by atoms with Crippen molar-refractivity contribution < 1.29 is 25.2 Å². The lowest BCUT2D eigenvalue weighted by Crippen LogP contribution is -2.13. The Morgan fingerprint density at radius 3 is 1.87 bits per heavy atom. The quantitative estimate of drug-likeness (QED) is 0.258. The summed E-state index contributed by atoms with van der Waals surface area (Å²) in [5.41, 5.74) is 0. The fourth-order valence-corrected chi connectivity index (χ4v) is 2.53. The standard InChI is InChI=1S/C18H34O5/c19-15-9-4-2-1-3-6-10-16(20)13-14-17(21)11-7-5-8-12-18(22)23/h8,12,16-17,19-21H,1-7,9-11,13-15H2,(H,22,23). The minimum absolute atomic E-state index is 0.275. The van der Waals surface area contributed by atoms with E-state index in [1.165, 1.54) is 0 Å². The van der Waals surface area contributed by atoms with E-state index in [2.05, 4.69) is 0 Å². The minimum Gasteiger partial charge on any atom is -0.478 e. The van der Waals surface area contributed by atoms with E-state index in [0.29, 0.717) is 25.7 Å². The van der Waals surface area contributed by atoms with Crippen molar-refractivity contribution in [1.82, 2.24) is 0 Å². The van der Waals surface area contributed by atoms with Crippen LogP contribution in [0, 0.1) is 0 Å². The lowest BCUT2D eigenvalue weighted by Gasteiger charge is -2.14. The second-order valence-electron chi connectivity index (χ2n) is 6.19. The van der Waals surface area contributed by atoms with Gasteiger partial charge in [-0.1, -0.05) is 38.2 Å². The van der Waals surface area contributed by atoms with Gasteiger partial charge in [0, 0.05) is 12.7 Å². The van der Waals surface area contributed by atoms with Crippen molar-refractivity contribution in [3.63, 3.8) is 0 Å². The minimum atomic E-state index is -0.943. The second-order valence-corrected chi connectivity index (χ2v) is 6.19. The molecule has 0 fully saturated rings. The lowest BCUT2D eigenvalue weighted by atomic mass is 10.0. The van der Waals surface area contributed by atoms with E-state index in [0.717, 1.165) is 57.4 Å². The van der Waals surface area contributed by atoms with Gasteiger partial charge in [0.05, 0.1) is 12.2 Å². The number of carboxylic acid groups (broad SMARTS) is 1. The fourth-order valence-electron chi connectivity index (χ4n) is 2.53. The van der Waals surface area contributed by atoms with Crippen LogP contribution in [0.15, 0.2) is 12.2 Å². The molecule has 0 amide bonds. The van der Waals surface area contributed by atoms with Crippen molar-refractivity contribution in [2.45, 2.75) is 89.3 Å². The van der Waals surface area contributed by atoms with Gasteiger partial charge in [0.25, 0.3) is 0 Å². The molecule has 0 aliphatic rings. The van der Waals surface area contributed by atoms with Crippen molar-refractivity contribution in [3.05, 3.63) is 12.2 Å². The van der Waals surface area contributed by atoms with Crippen LogP contribution in [-0.2, 0) is 4.79 Å². The van der Waals surface area contributed by atoms with Crippen molar-refractivity contribution in [1.29, 1.82) is 0 Å². The zero-order chi connectivity index (χ0) is 17.3. The Balaban J connectivity index is 3.42. The van der Waals surface area contributed by atoms with Crippen LogP contribution in [0.5, 0.6) is 0 Å². The highest BCUT2D eigenvalue weighted by atomic mass is 16.4. The summed E-state index contributed by atoms with van der Waals surface area (Å²) in [5.74, 6) is -0.943. The number of allylic oxidation sites excluding steroid dienone is 1. The SMILES string of the molecule is O=C(O)C=CCCCC(O)CCC(O)CCCCCCCCO. The Kier molecular flexibility index (Phi) is 15.3. The van der Waals surface area contributed by atoms with Crippen molar-refractivity contribution >= 4 is 5.97 Å². The van der Waals surface area contributed by atoms with E-state index >= 15 is 0 Å². The molecule has 0 aliphatic carbocycles. The number of unbranched alkanes of at least 4 members (excludes halogenated alkanes) is 6. The summed E-state index contributed by atoms with van der Waals surface area (Å²) >= 11 is 0. The van der Waals surface area contributed by atoms with Crippen molar-refractivity contribution in [3.8, 4) is 0 Å². The average Bonchev–Trinajstić information content (AvgIpc) is 2.51. The van der Waals surface area contributed by atoms with E-state index < -0.39 is 12.1 Å². The summed E-state index contributed by atoms with van der Waals surface area (Å²) in [6.07, 6.45) is 12.4. The molecule has 0 rings (SSSR count). The predicted octanol–water partition coefficient (Wildman–Crippen LogP) is 3.02. The Labute approximate surface area is 140 Å². The molecule has 0 bridgehead atoms. The molecule has 0 spiro atoms. The molecule has 5 heteroatoms. The summed E-state index contributed by atoms with van der Waals surface area (Å²) in [6.45, 7) is 0.275. The Hall–Kier alpha value is -0.910. The summed E-state index contributed by atoms with van der Waals surface area (Å²) in [6, 6.07) is 0. The predicted molar refractivity (Wildman–Crippen MR) is 91.3 cm³/mol. The maximum Gasteiger partial charge on any atom is 0.327 e. The van der Waals surface area contributed by atoms with E-state index in [-0.39, 0.29) is 12.7 Å². The average molecular weight is 330 g/mol. The number of aliphatic hydroxyl groups is 3. The van der Waals surface area contributed by atoms with Gasteiger partial charge in [-0.15, -0.1) is 0 Å². The summed E-state index contributed by atoms with van der Waals surface area (Å²) in [5, 5.41) is 36.8. The Morgan fingerprint density at radius 2 is 1.30 bits per heavy atom. The first-order valence-corrected chi connectivity index (χ1v) is 8.92. The van der Waals surface area contributed by atoms with E-state index in [1.54, 1.807) is 6.08 Å². The van der Waals surface area contributed by atoms with Crippen molar-refractivity contribution in [2.75, 3.05) is 6.61 Å². The lowest BCUT2D eigenvalue weighted by molar-refractivity contribution is -0.131. The third-order valence-electron chi connectivity index (χ3n) is 3.95. The van der Waals surface area contributed by atoms with E-state index in [9.17, 15) is 15.0 Å². The van der Waals surface area contributed by atoms with Gasteiger partial charge in [-0.2, -0.15) is 0 Å². The molecule has 0 saturated heterocycles. The van der Waals surface area contributed by atoms with Gasteiger partial charge in [-0.25, -0.2) is 4.79 Å². The second kappa shape index (κ2) is 16.0. The monoisotopic (exact) mass is 330 g/mol. The number of aliphatic carboxylic acids is 1. The van der Waals surface area contributed by atoms with Gasteiger partial charge in [0.1, 0.15) is 0 Å². The van der Waals surface area contributed by atoms with Crippen LogP contribution in [-0.4, -0.2) is 45.2 Å². The first kappa shape index (κ1) is 22.1. The summed E-state index contributed by atoms with van der Waals surface area (Å²) in [4.78, 5) is 10.3. The van der Waals surface area contributed by atoms with Gasteiger partial charge < -0.3 is 20.4 Å². The maximum atomic E-state index is 10.3. The topological polar surface area (TPSA) is 98.0 Å². The molecule has 5 nitrogen and oxygen atoms in total. The van der Waals surface area contributed by atoms with Crippen LogP contribution in [0.4, 0.5) is 0 Å². The van der Waals surface area contributed by atoms with Crippen LogP contribution in [0.2, 0.25) is 0 Å². The number of carboxylic acids is 1. The van der Waals surface area contributed by atoms with Crippen LogP contribution in [0.3, 0.4) is 0 Å². The van der Waals surface area contributed by atoms with E-state index in [1.807, 2.05) is 0 Å². The van der Waals surface area contributed by atoms with Crippen LogP contribution >= 0.6 is 0 Å². The number of carbonyl (C=O) groups is 1. The first-order chi connectivity index (χ1) is 11.1. The first-order valence-electron chi connectivity index (χ1n) is 8.92. The zero-order valence-corrected chi connectivity index (χ0v) is 14.2. The molecule has 0 aliphatic heterocycles. The highest BCUT2D eigenvalue weighted by molar-refractivity contribution is 5.79. The van der Waals surface area contributed by atoms with Crippen molar-refractivity contribution in [2.24, 2.45) is 0 Å². The van der Waals surface area contributed by atoms with Gasteiger partial charge in [0.15, 0.2) is 0 Å². The van der Waals surface area contributed by atoms with Gasteiger partial charge in [0.2, 0.25) is 0 Å². The highest BCUT2D eigenvalue weighted by Crippen LogP contribution is 2.14. The molecule has 0 heterocycles. The summed E-state index contributed by atoms with van der Waals surface area (Å²) in [7, 11) is 0. The fraction of sp³-hybridized carbons (Fsp3) is 0.833. The molecule has 0 saturated carbocycles. The smallest absolute Gasteiger partial charge is 0.327 e. The van der Waals surface area contributed by atoms with Crippen LogP contribution in [0.25, 0.3) is 0 Å². The molecule has 0 aromatic rings.